The van der Waals surface area contributed by atoms with Crippen molar-refractivity contribution in [2.75, 3.05) is 13.0 Å². The van der Waals surface area contributed by atoms with E-state index in [2.05, 4.69) is 4.99 Å². The van der Waals surface area contributed by atoms with Gasteiger partial charge in [-0.1, -0.05) is 30.9 Å². The quantitative estimate of drug-likeness (QED) is 0.421. The number of aromatic nitrogens is 3. The Morgan fingerprint density at radius 2 is 1.83 bits per heavy atom. The Morgan fingerprint density at radius 1 is 1.17 bits per heavy atom. The van der Waals surface area contributed by atoms with Gasteiger partial charge in [0.1, 0.15) is 5.75 Å². The number of esters is 1. The highest BCUT2D eigenvalue weighted by atomic mass is 35.5. The van der Waals surface area contributed by atoms with E-state index in [1.807, 2.05) is 13.8 Å². The van der Waals surface area contributed by atoms with Gasteiger partial charge in [-0.3, -0.25) is 9.36 Å². The van der Waals surface area contributed by atoms with E-state index in [0.717, 1.165) is 41.3 Å². The molecule has 1 fully saturated rings. The smallest absolute Gasteiger partial charge is 0.353 e. The van der Waals surface area contributed by atoms with Gasteiger partial charge < -0.3 is 15.3 Å². The zero-order chi connectivity index (χ0) is 26.6. The maximum atomic E-state index is 13.7. The molecule has 10 nitrogen and oxygen atoms in total. The average molecular weight is 522 g/mol. The SMILES string of the molecule is COC(=O)C(C)(C)Cn1c(=O)n(N)/c(=N\c2ccc(OC(C)C)c(Cl)c2)n(CC2CCCCC2)c1=O. The van der Waals surface area contributed by atoms with Gasteiger partial charge in [-0.2, -0.15) is 4.68 Å². The van der Waals surface area contributed by atoms with Crippen LogP contribution in [0.1, 0.15) is 59.8 Å². The van der Waals surface area contributed by atoms with Crippen LogP contribution in [-0.4, -0.2) is 33.0 Å². The van der Waals surface area contributed by atoms with E-state index in [1.54, 1.807) is 32.0 Å². The molecular weight excluding hydrogens is 486 g/mol. The van der Waals surface area contributed by atoms with Crippen LogP contribution in [0.3, 0.4) is 0 Å². The molecule has 11 heteroatoms. The lowest BCUT2D eigenvalue weighted by Crippen LogP contribution is -2.59. The second-order valence-electron chi connectivity index (χ2n) is 10.2. The van der Waals surface area contributed by atoms with E-state index >= 15 is 0 Å². The second-order valence-corrected chi connectivity index (χ2v) is 10.6. The third kappa shape index (κ3) is 6.21. The first-order valence-corrected chi connectivity index (χ1v) is 12.6. The average Bonchev–Trinajstić information content (AvgIpc) is 2.84. The number of nitrogens with zero attached hydrogens (tertiary/aromatic N) is 4. The minimum absolute atomic E-state index is 0.0105. The highest BCUT2D eigenvalue weighted by Gasteiger charge is 2.32. The summed E-state index contributed by atoms with van der Waals surface area (Å²) in [6.07, 6.45) is 5.20. The molecular formula is C25H36ClN5O5. The molecule has 0 saturated heterocycles. The van der Waals surface area contributed by atoms with Crippen LogP contribution in [0.4, 0.5) is 5.69 Å². The number of benzene rings is 1. The van der Waals surface area contributed by atoms with Crippen molar-refractivity contribution in [3.63, 3.8) is 0 Å². The van der Waals surface area contributed by atoms with Crippen LogP contribution in [0.5, 0.6) is 5.75 Å². The predicted molar refractivity (Wildman–Crippen MR) is 138 cm³/mol. The van der Waals surface area contributed by atoms with Crippen molar-refractivity contribution in [1.29, 1.82) is 0 Å². The van der Waals surface area contributed by atoms with Crippen molar-refractivity contribution in [2.24, 2.45) is 16.3 Å². The van der Waals surface area contributed by atoms with E-state index in [1.165, 1.54) is 11.7 Å². The Morgan fingerprint density at radius 3 is 2.42 bits per heavy atom. The molecule has 0 radical (unpaired) electrons. The summed E-state index contributed by atoms with van der Waals surface area (Å²) in [6, 6.07) is 4.97. The van der Waals surface area contributed by atoms with Gasteiger partial charge in [-0.15, -0.1) is 0 Å². The summed E-state index contributed by atoms with van der Waals surface area (Å²) < 4.78 is 13.8. The molecule has 3 rings (SSSR count). The van der Waals surface area contributed by atoms with Gasteiger partial charge in [0.15, 0.2) is 0 Å². The summed E-state index contributed by atoms with van der Waals surface area (Å²) in [4.78, 5) is 43.7. The predicted octanol–water partition coefficient (Wildman–Crippen LogP) is 2.98. The Balaban J connectivity index is 2.18. The number of nitrogen functional groups attached to an aromatic ring is 1. The lowest BCUT2D eigenvalue weighted by atomic mass is 9.89. The molecule has 1 aromatic heterocycles. The highest BCUT2D eigenvalue weighted by Crippen LogP contribution is 2.29. The lowest BCUT2D eigenvalue weighted by molar-refractivity contribution is -0.151. The first-order valence-electron chi connectivity index (χ1n) is 12.3. The van der Waals surface area contributed by atoms with Crippen LogP contribution < -0.4 is 27.6 Å². The van der Waals surface area contributed by atoms with Gasteiger partial charge in [-0.25, -0.2) is 19.1 Å². The van der Waals surface area contributed by atoms with Gasteiger partial charge in [0.25, 0.3) is 0 Å². The number of carbonyl (C=O) groups is 1. The van der Waals surface area contributed by atoms with Crippen LogP contribution in [0.15, 0.2) is 32.8 Å². The van der Waals surface area contributed by atoms with Gasteiger partial charge >= 0.3 is 17.3 Å². The fourth-order valence-electron chi connectivity index (χ4n) is 4.46. The standard InChI is InChI=1S/C25H36ClN5O5/c1-16(2)36-20-12-11-18(13-19(20)26)28-22-29(14-17-9-7-6-8-10-17)23(33)30(24(34)31(22)27)15-25(3,4)21(32)35-5/h11-13,16-17H,6-10,14-15,27H2,1-5H3/b28-22-. The fraction of sp³-hybridized carbons (Fsp3) is 0.600. The lowest BCUT2D eigenvalue weighted by Gasteiger charge is -2.25. The van der Waals surface area contributed by atoms with Gasteiger partial charge in [-0.05, 0) is 64.7 Å². The molecule has 0 amide bonds. The number of nitrogens with two attached hydrogens (primary N) is 1. The molecule has 1 heterocycles. The number of halogens is 1. The first kappa shape index (κ1) is 27.6. The second kappa shape index (κ2) is 11.4. The molecule has 1 aliphatic rings. The minimum atomic E-state index is -1.12. The molecule has 0 bridgehead atoms. The first-order chi connectivity index (χ1) is 16.9. The molecule has 36 heavy (non-hydrogen) atoms. The number of carbonyl (C=O) groups excluding carboxylic acids is 1. The molecule has 2 N–H and O–H groups in total. The molecule has 1 saturated carbocycles. The summed E-state index contributed by atoms with van der Waals surface area (Å²) in [6.45, 7) is 7.18. The van der Waals surface area contributed by atoms with Crippen molar-refractivity contribution < 1.29 is 14.3 Å². The number of ether oxygens (including phenoxy) is 2. The zero-order valence-electron chi connectivity index (χ0n) is 21.6. The summed E-state index contributed by atoms with van der Waals surface area (Å²) in [5.41, 5.74) is -2.04. The number of methoxy groups -OCH3 is 1. The van der Waals surface area contributed by atoms with Crippen molar-refractivity contribution in [3.8, 4) is 5.75 Å². The van der Waals surface area contributed by atoms with Crippen molar-refractivity contribution in [1.82, 2.24) is 13.8 Å². The van der Waals surface area contributed by atoms with E-state index in [4.69, 9.17) is 26.9 Å². The summed E-state index contributed by atoms with van der Waals surface area (Å²) >= 11 is 6.38. The molecule has 2 aromatic rings. The summed E-state index contributed by atoms with van der Waals surface area (Å²) in [5.74, 6) is 6.44. The van der Waals surface area contributed by atoms with Crippen LogP contribution in [-0.2, 0) is 22.6 Å². The van der Waals surface area contributed by atoms with Gasteiger partial charge in [0.05, 0.1) is 29.3 Å². The monoisotopic (exact) mass is 521 g/mol. The van der Waals surface area contributed by atoms with Crippen LogP contribution >= 0.6 is 11.6 Å². The van der Waals surface area contributed by atoms with Crippen molar-refractivity contribution in [2.45, 2.75) is 79.0 Å². The Kier molecular flexibility index (Phi) is 8.71. The molecule has 198 valence electrons. The van der Waals surface area contributed by atoms with Crippen LogP contribution in [0.2, 0.25) is 5.02 Å². The van der Waals surface area contributed by atoms with Gasteiger partial charge in [0, 0.05) is 13.1 Å². The Hall–Kier alpha value is -3.01. The molecule has 0 aliphatic heterocycles. The molecule has 0 spiro atoms. The van der Waals surface area contributed by atoms with Gasteiger partial charge in [0.2, 0.25) is 5.62 Å². The third-order valence-corrected chi connectivity index (χ3v) is 6.62. The fourth-order valence-corrected chi connectivity index (χ4v) is 4.68. The van der Waals surface area contributed by atoms with E-state index in [9.17, 15) is 14.4 Å². The zero-order valence-corrected chi connectivity index (χ0v) is 22.4. The molecule has 0 atom stereocenters. The third-order valence-electron chi connectivity index (χ3n) is 6.32. The minimum Gasteiger partial charge on any atom is -0.489 e. The molecule has 1 aromatic carbocycles. The van der Waals surface area contributed by atoms with Crippen molar-refractivity contribution >= 4 is 23.3 Å². The normalized spacial score (nSPS) is 15.4. The highest BCUT2D eigenvalue weighted by molar-refractivity contribution is 6.32. The van der Waals surface area contributed by atoms with Crippen molar-refractivity contribution in [3.05, 3.63) is 49.8 Å². The maximum Gasteiger partial charge on any atom is 0.353 e. The maximum absolute atomic E-state index is 13.7. The van der Waals surface area contributed by atoms with E-state index < -0.39 is 22.8 Å². The Labute approximate surface area is 215 Å². The Bertz CT molecular complexity index is 1290. The number of hydrogen-bond acceptors (Lipinski definition) is 7. The van der Waals surface area contributed by atoms with E-state index in [-0.39, 0.29) is 24.2 Å². The van der Waals surface area contributed by atoms with E-state index in [0.29, 0.717) is 23.0 Å². The number of hydrogen-bond donors (Lipinski definition) is 1. The van der Waals surface area contributed by atoms with Crippen LogP contribution in [0.25, 0.3) is 0 Å². The summed E-state index contributed by atoms with van der Waals surface area (Å²) in [7, 11) is 1.27. The number of rotatable bonds is 8. The van der Waals surface area contributed by atoms with Crippen LogP contribution in [0, 0.1) is 11.3 Å². The topological polar surface area (TPSA) is 123 Å². The molecule has 1 aliphatic carbocycles. The molecule has 0 unspecified atom stereocenters. The largest absolute Gasteiger partial charge is 0.489 e. The summed E-state index contributed by atoms with van der Waals surface area (Å²) in [5, 5.41) is 0.350.